The highest BCUT2D eigenvalue weighted by Gasteiger charge is 2.52. The number of carbonyl (C=O) groups is 1. The molecule has 1 aromatic heterocycles. The highest BCUT2D eigenvalue weighted by atomic mass is 35.5. The lowest BCUT2D eigenvalue weighted by molar-refractivity contribution is -0.172. The fraction of sp³-hybridized carbons (Fsp3) is 0.500. The zero-order valence-corrected chi connectivity index (χ0v) is 14.5. The summed E-state index contributed by atoms with van der Waals surface area (Å²) >= 11 is 7.34. The largest absolute Gasteiger partial charge is 0.497 e. The number of benzene rings is 1. The zero-order chi connectivity index (χ0) is 16.6. The van der Waals surface area contributed by atoms with Crippen LogP contribution in [0.1, 0.15) is 37.9 Å². The second-order valence-electron chi connectivity index (χ2n) is 5.66. The van der Waals surface area contributed by atoms with E-state index < -0.39 is 11.5 Å². The number of aromatic nitrogens is 1. The third-order valence-electron chi connectivity index (χ3n) is 4.45. The molecule has 0 aliphatic heterocycles. The van der Waals surface area contributed by atoms with Gasteiger partial charge in [-0.2, -0.15) is 0 Å². The van der Waals surface area contributed by atoms with Crippen LogP contribution in [0.5, 0.6) is 5.75 Å². The second-order valence-corrected chi connectivity index (χ2v) is 7.28. The van der Waals surface area contributed by atoms with Crippen molar-refractivity contribution in [3.63, 3.8) is 0 Å². The van der Waals surface area contributed by atoms with Gasteiger partial charge >= 0.3 is 5.97 Å². The Labute approximate surface area is 143 Å². The molecule has 1 heterocycles. The fourth-order valence-corrected chi connectivity index (χ4v) is 4.14. The van der Waals surface area contributed by atoms with Crippen molar-refractivity contribution in [3.8, 4) is 5.75 Å². The van der Waals surface area contributed by atoms with Crippen molar-refractivity contribution in [1.82, 2.24) is 4.98 Å². The molecule has 7 heteroatoms. The van der Waals surface area contributed by atoms with E-state index in [2.05, 4.69) is 4.98 Å². The van der Waals surface area contributed by atoms with Gasteiger partial charge in [-0.1, -0.05) is 18.0 Å². The summed E-state index contributed by atoms with van der Waals surface area (Å²) in [6.07, 6.45) is 1.10. The summed E-state index contributed by atoms with van der Waals surface area (Å²) in [6.45, 7) is 2.06. The molecule has 23 heavy (non-hydrogen) atoms. The van der Waals surface area contributed by atoms with Crippen LogP contribution in [0.15, 0.2) is 12.1 Å². The lowest BCUT2D eigenvalue weighted by atomic mass is 9.63. The number of halogens is 1. The third kappa shape index (κ3) is 2.69. The van der Waals surface area contributed by atoms with Gasteiger partial charge in [0, 0.05) is 5.56 Å². The van der Waals surface area contributed by atoms with E-state index in [0.29, 0.717) is 40.7 Å². The van der Waals surface area contributed by atoms with Crippen molar-refractivity contribution < 1.29 is 19.4 Å². The smallest absolute Gasteiger partial charge is 0.315 e. The molecule has 0 saturated heterocycles. The molecular weight excluding hydrogens is 338 g/mol. The van der Waals surface area contributed by atoms with Crippen LogP contribution in [0.2, 0.25) is 4.47 Å². The lowest BCUT2D eigenvalue weighted by Gasteiger charge is -2.42. The maximum atomic E-state index is 12.4. The molecule has 1 unspecified atom stereocenters. The van der Waals surface area contributed by atoms with Crippen molar-refractivity contribution in [2.24, 2.45) is 5.41 Å². The Hall–Kier alpha value is -1.37. The maximum absolute atomic E-state index is 12.4. The average Bonchev–Trinajstić information content (AvgIpc) is 2.85. The van der Waals surface area contributed by atoms with Gasteiger partial charge in [-0.25, -0.2) is 4.98 Å². The van der Waals surface area contributed by atoms with E-state index in [4.69, 9.17) is 21.1 Å². The van der Waals surface area contributed by atoms with Crippen LogP contribution in [-0.2, 0) is 9.53 Å². The molecule has 1 N–H and O–H groups in total. The number of carbonyl (C=O) groups excluding carboxylic acids is 1. The van der Waals surface area contributed by atoms with Crippen LogP contribution in [0.4, 0.5) is 0 Å². The summed E-state index contributed by atoms with van der Waals surface area (Å²) in [5.41, 5.74) is 0.282. The molecule has 1 fully saturated rings. The average molecular weight is 356 g/mol. The van der Waals surface area contributed by atoms with Gasteiger partial charge in [0.2, 0.25) is 0 Å². The van der Waals surface area contributed by atoms with Gasteiger partial charge in [0.15, 0.2) is 4.47 Å². The van der Waals surface area contributed by atoms with Crippen LogP contribution in [0.25, 0.3) is 10.2 Å². The van der Waals surface area contributed by atoms with E-state index in [-0.39, 0.29) is 5.97 Å². The Balaban J connectivity index is 2.09. The van der Waals surface area contributed by atoms with Crippen molar-refractivity contribution in [2.45, 2.75) is 32.3 Å². The van der Waals surface area contributed by atoms with E-state index in [0.717, 1.165) is 11.1 Å². The number of hydrogen-bond donors (Lipinski definition) is 1. The molecule has 1 saturated carbocycles. The van der Waals surface area contributed by atoms with Crippen LogP contribution in [-0.4, -0.2) is 29.8 Å². The first-order valence-electron chi connectivity index (χ1n) is 7.51. The van der Waals surface area contributed by atoms with Crippen molar-refractivity contribution >= 4 is 39.1 Å². The normalized spacial score (nSPS) is 17.6. The van der Waals surface area contributed by atoms with Crippen molar-refractivity contribution in [1.29, 1.82) is 0 Å². The Morgan fingerprint density at radius 3 is 2.83 bits per heavy atom. The number of aliphatic hydroxyl groups excluding tert-OH is 1. The lowest BCUT2D eigenvalue weighted by Crippen LogP contribution is -2.44. The molecule has 3 rings (SSSR count). The van der Waals surface area contributed by atoms with Gasteiger partial charge in [0.25, 0.3) is 0 Å². The minimum absolute atomic E-state index is 0.295. The maximum Gasteiger partial charge on any atom is 0.315 e. The first-order valence-corrected chi connectivity index (χ1v) is 8.70. The molecule has 1 aliphatic rings. The van der Waals surface area contributed by atoms with Crippen LogP contribution in [0, 0.1) is 5.41 Å². The minimum atomic E-state index is -0.994. The highest BCUT2D eigenvalue weighted by Crippen LogP contribution is 2.53. The molecule has 5 nitrogen and oxygen atoms in total. The number of rotatable bonds is 5. The second kappa shape index (κ2) is 6.26. The zero-order valence-electron chi connectivity index (χ0n) is 13.0. The van der Waals surface area contributed by atoms with Gasteiger partial charge in [-0.3, -0.25) is 4.79 Å². The summed E-state index contributed by atoms with van der Waals surface area (Å²) in [7, 11) is 1.56. The van der Waals surface area contributed by atoms with Gasteiger partial charge < -0.3 is 14.6 Å². The first-order chi connectivity index (χ1) is 11.0. The standard InChI is InChI=1S/C16H18ClNO4S/c1-3-22-14(20)16(5-4-6-16)13(19)10-7-9(21-2)8-11-12(10)18-15(17)23-11/h7-8,13,19H,3-6H2,1-2H3. The SMILES string of the molecule is CCOC(=O)C1(C(O)c2cc(OC)cc3sc(Cl)nc23)CCC1. The molecule has 2 aromatic rings. The van der Waals surface area contributed by atoms with Gasteiger partial charge in [0.1, 0.15) is 5.75 Å². The summed E-state index contributed by atoms with van der Waals surface area (Å²) < 4.78 is 11.7. The number of esters is 1. The molecule has 0 bridgehead atoms. The van der Waals surface area contributed by atoms with E-state index in [1.807, 2.05) is 6.07 Å². The Bertz CT molecular complexity index is 741. The first kappa shape index (κ1) is 16.5. The Morgan fingerprint density at radius 1 is 1.52 bits per heavy atom. The molecule has 1 aromatic carbocycles. The molecule has 1 aliphatic carbocycles. The summed E-state index contributed by atoms with van der Waals surface area (Å²) in [5, 5.41) is 11.0. The number of aliphatic hydroxyl groups is 1. The van der Waals surface area contributed by atoms with E-state index in [1.54, 1.807) is 20.1 Å². The number of hydrogen-bond acceptors (Lipinski definition) is 6. The number of thiazole rings is 1. The van der Waals surface area contributed by atoms with E-state index >= 15 is 0 Å². The highest BCUT2D eigenvalue weighted by molar-refractivity contribution is 7.22. The molecule has 0 radical (unpaired) electrons. The monoisotopic (exact) mass is 355 g/mol. The van der Waals surface area contributed by atoms with Crippen molar-refractivity contribution in [2.75, 3.05) is 13.7 Å². The number of nitrogens with zero attached hydrogens (tertiary/aromatic N) is 1. The Morgan fingerprint density at radius 2 is 2.26 bits per heavy atom. The predicted octanol–water partition coefficient (Wildman–Crippen LogP) is 3.73. The quantitative estimate of drug-likeness (QED) is 0.828. The molecular formula is C16H18ClNO4S. The van der Waals surface area contributed by atoms with Crippen LogP contribution < -0.4 is 4.74 Å². The summed E-state index contributed by atoms with van der Waals surface area (Å²) in [6, 6.07) is 3.55. The molecule has 0 amide bonds. The molecule has 124 valence electrons. The fourth-order valence-electron chi connectivity index (χ4n) is 3.05. The Kier molecular flexibility index (Phi) is 4.49. The predicted molar refractivity (Wildman–Crippen MR) is 89.1 cm³/mol. The third-order valence-corrected chi connectivity index (χ3v) is 5.56. The van der Waals surface area contributed by atoms with Gasteiger partial charge in [-0.05, 0) is 31.9 Å². The van der Waals surface area contributed by atoms with Crippen LogP contribution in [0.3, 0.4) is 0 Å². The minimum Gasteiger partial charge on any atom is -0.497 e. The molecule has 1 atom stereocenters. The van der Waals surface area contributed by atoms with Crippen molar-refractivity contribution in [3.05, 3.63) is 22.2 Å². The summed E-state index contributed by atoms with van der Waals surface area (Å²) in [4.78, 5) is 16.7. The van der Waals surface area contributed by atoms with E-state index in [1.165, 1.54) is 11.3 Å². The number of ether oxygens (including phenoxy) is 2. The van der Waals surface area contributed by atoms with Gasteiger partial charge in [0.05, 0.1) is 35.5 Å². The topological polar surface area (TPSA) is 68.7 Å². The number of methoxy groups -OCH3 is 1. The van der Waals surface area contributed by atoms with Crippen LogP contribution >= 0.6 is 22.9 Å². The summed E-state index contributed by atoms with van der Waals surface area (Å²) in [5.74, 6) is 0.251. The van der Waals surface area contributed by atoms with Gasteiger partial charge in [-0.15, -0.1) is 11.3 Å². The number of fused-ring (bicyclic) bond motifs is 1. The van der Waals surface area contributed by atoms with E-state index in [9.17, 15) is 9.90 Å². The molecule has 0 spiro atoms.